The maximum absolute atomic E-state index is 13.5. The topological polar surface area (TPSA) is 35.5 Å². The highest BCUT2D eigenvalue weighted by Gasteiger charge is 2.61. The van der Waals surface area contributed by atoms with E-state index in [1.54, 1.807) is 0 Å². The SMILES string of the molecule is C[C@]12CCC3C(CC(=O)[C@H]4CC(O[Si](C)(C)C)=CC[C@]34C)C1CC=C2O[Si](C)(C)C. The van der Waals surface area contributed by atoms with Crippen LogP contribution < -0.4 is 0 Å². The Labute approximate surface area is 185 Å². The molecule has 0 heterocycles. The van der Waals surface area contributed by atoms with E-state index in [1.165, 1.54) is 18.6 Å². The number of Topliss-reactive ketones (excluding diaryl/α,β-unsaturated/α-hetero) is 1. The number of hydrogen-bond donors (Lipinski definition) is 0. The lowest BCUT2D eigenvalue weighted by atomic mass is 9.45. The molecule has 168 valence electrons. The van der Waals surface area contributed by atoms with Gasteiger partial charge in [0.15, 0.2) is 0 Å². The summed E-state index contributed by atoms with van der Waals surface area (Å²) in [6.45, 7) is 18.4. The van der Waals surface area contributed by atoms with E-state index in [0.717, 1.165) is 31.4 Å². The fraction of sp³-hybridized carbons (Fsp3) is 0.800. The number of ketones is 1. The zero-order chi connectivity index (χ0) is 22.1. The van der Waals surface area contributed by atoms with Gasteiger partial charge in [-0.1, -0.05) is 13.8 Å². The molecule has 3 nitrogen and oxygen atoms in total. The molecule has 0 aromatic carbocycles. The van der Waals surface area contributed by atoms with Gasteiger partial charge in [0.05, 0.1) is 11.5 Å². The Morgan fingerprint density at radius 1 is 0.933 bits per heavy atom. The van der Waals surface area contributed by atoms with Gasteiger partial charge in [0.1, 0.15) is 5.78 Å². The minimum absolute atomic E-state index is 0.0933. The van der Waals surface area contributed by atoms with E-state index in [4.69, 9.17) is 8.85 Å². The molecule has 0 aromatic rings. The molecule has 0 saturated heterocycles. The number of hydrogen-bond acceptors (Lipinski definition) is 3. The fourth-order valence-corrected chi connectivity index (χ4v) is 9.07. The van der Waals surface area contributed by atoms with Crippen molar-refractivity contribution < 1.29 is 13.6 Å². The van der Waals surface area contributed by atoms with Crippen LogP contribution in [0.4, 0.5) is 0 Å². The van der Waals surface area contributed by atoms with Crippen molar-refractivity contribution in [3.63, 3.8) is 0 Å². The number of carbonyl (C=O) groups is 1. The fourth-order valence-electron chi connectivity index (χ4n) is 7.14. The molecular formula is C25H42O3Si2. The average Bonchev–Trinajstić information content (AvgIpc) is 2.90. The van der Waals surface area contributed by atoms with Crippen LogP contribution in [-0.4, -0.2) is 22.4 Å². The predicted octanol–water partition coefficient (Wildman–Crippen LogP) is 6.90. The van der Waals surface area contributed by atoms with Gasteiger partial charge in [-0.2, -0.15) is 0 Å². The summed E-state index contributed by atoms with van der Waals surface area (Å²) in [7, 11) is -3.26. The second-order valence-electron chi connectivity index (χ2n) is 12.9. The van der Waals surface area contributed by atoms with E-state index in [9.17, 15) is 4.79 Å². The molecule has 5 heteroatoms. The van der Waals surface area contributed by atoms with Gasteiger partial charge in [0.2, 0.25) is 16.6 Å². The highest BCUT2D eigenvalue weighted by Crippen LogP contribution is 2.65. The molecule has 0 amide bonds. The first-order valence-corrected chi connectivity index (χ1v) is 18.8. The molecule has 0 aromatic heterocycles. The number of allylic oxidation sites excluding steroid dienone is 4. The van der Waals surface area contributed by atoms with Crippen molar-refractivity contribution in [2.24, 2.45) is 34.5 Å². The zero-order valence-electron chi connectivity index (χ0n) is 20.4. The standard InChI is InChI=1S/C25H42O3Si2/c1-24-13-11-17(27-29(3,4)5)15-21(24)22(26)16-18-19-9-10-23(28-30(6,7)8)25(19,2)14-12-20(18)24/h10-11,18-21H,9,12-16H2,1-8H3/t18?,19?,20?,21-,24-,25+/m1/s1. The summed E-state index contributed by atoms with van der Waals surface area (Å²) in [5, 5.41) is 0. The predicted molar refractivity (Wildman–Crippen MR) is 128 cm³/mol. The lowest BCUT2D eigenvalue weighted by Gasteiger charge is -2.59. The Morgan fingerprint density at radius 2 is 1.60 bits per heavy atom. The van der Waals surface area contributed by atoms with Crippen molar-refractivity contribution >= 4 is 22.4 Å². The molecule has 0 radical (unpaired) electrons. The molecule has 0 spiro atoms. The van der Waals surface area contributed by atoms with E-state index in [-0.39, 0.29) is 16.7 Å². The first-order chi connectivity index (χ1) is 13.7. The van der Waals surface area contributed by atoms with Crippen LogP contribution >= 0.6 is 0 Å². The third-order valence-electron chi connectivity index (χ3n) is 8.44. The largest absolute Gasteiger partial charge is 0.548 e. The van der Waals surface area contributed by atoms with Gasteiger partial charge in [0.25, 0.3) is 0 Å². The van der Waals surface area contributed by atoms with Crippen molar-refractivity contribution in [3.05, 3.63) is 23.7 Å². The molecule has 4 aliphatic rings. The molecule has 3 unspecified atom stereocenters. The minimum atomic E-state index is -1.63. The average molecular weight is 447 g/mol. The summed E-state index contributed by atoms with van der Waals surface area (Å²) in [4.78, 5) is 13.5. The van der Waals surface area contributed by atoms with E-state index in [1.807, 2.05) is 0 Å². The monoisotopic (exact) mass is 446 g/mol. The van der Waals surface area contributed by atoms with E-state index in [0.29, 0.717) is 23.5 Å². The quantitative estimate of drug-likeness (QED) is 0.441. The van der Waals surface area contributed by atoms with Gasteiger partial charge in [-0.15, -0.1) is 0 Å². The number of carbonyl (C=O) groups excluding carboxylic acids is 1. The van der Waals surface area contributed by atoms with Gasteiger partial charge in [-0.25, -0.2) is 0 Å². The maximum atomic E-state index is 13.5. The number of rotatable bonds is 4. The van der Waals surface area contributed by atoms with Crippen molar-refractivity contribution in [1.82, 2.24) is 0 Å². The van der Waals surface area contributed by atoms with Crippen LogP contribution in [0.3, 0.4) is 0 Å². The van der Waals surface area contributed by atoms with Crippen molar-refractivity contribution in [2.45, 2.75) is 91.7 Å². The third kappa shape index (κ3) is 3.78. The van der Waals surface area contributed by atoms with Crippen LogP contribution in [0, 0.1) is 34.5 Å². The Kier molecular flexibility index (Phi) is 5.29. The summed E-state index contributed by atoms with van der Waals surface area (Å²) < 4.78 is 12.9. The molecule has 2 saturated carbocycles. The second-order valence-corrected chi connectivity index (χ2v) is 21.7. The van der Waals surface area contributed by atoms with Gasteiger partial charge in [0, 0.05) is 24.2 Å². The van der Waals surface area contributed by atoms with Crippen LogP contribution in [0.2, 0.25) is 39.3 Å². The van der Waals surface area contributed by atoms with Gasteiger partial charge in [-0.3, -0.25) is 4.79 Å². The second kappa shape index (κ2) is 7.09. The zero-order valence-corrected chi connectivity index (χ0v) is 22.4. The van der Waals surface area contributed by atoms with Crippen LogP contribution in [-0.2, 0) is 13.6 Å². The van der Waals surface area contributed by atoms with E-state index in [2.05, 4.69) is 65.3 Å². The molecule has 2 fully saturated rings. The van der Waals surface area contributed by atoms with Gasteiger partial charge in [-0.05, 0) is 100 Å². The van der Waals surface area contributed by atoms with Crippen LogP contribution in [0.25, 0.3) is 0 Å². The van der Waals surface area contributed by atoms with Crippen LogP contribution in [0.5, 0.6) is 0 Å². The van der Waals surface area contributed by atoms with Gasteiger partial charge >= 0.3 is 0 Å². The lowest BCUT2D eigenvalue weighted by Crippen LogP contribution is -2.55. The molecule has 0 aliphatic heterocycles. The highest BCUT2D eigenvalue weighted by atomic mass is 28.4. The summed E-state index contributed by atoms with van der Waals surface area (Å²) >= 11 is 0. The first-order valence-electron chi connectivity index (χ1n) is 12.0. The molecule has 0 N–H and O–H groups in total. The first kappa shape index (κ1) is 22.4. The molecule has 4 aliphatic carbocycles. The Hall–Kier alpha value is -0.816. The molecule has 0 bridgehead atoms. The Balaban J connectivity index is 1.58. The van der Waals surface area contributed by atoms with Crippen molar-refractivity contribution in [3.8, 4) is 0 Å². The summed E-state index contributed by atoms with van der Waals surface area (Å²) in [5.41, 5.74) is 0.220. The molecule has 30 heavy (non-hydrogen) atoms. The van der Waals surface area contributed by atoms with E-state index >= 15 is 0 Å². The van der Waals surface area contributed by atoms with Crippen LogP contribution in [0.1, 0.15) is 52.4 Å². The van der Waals surface area contributed by atoms with Crippen molar-refractivity contribution in [2.75, 3.05) is 0 Å². The smallest absolute Gasteiger partial charge is 0.241 e. The Bertz CT molecular complexity index is 787. The maximum Gasteiger partial charge on any atom is 0.241 e. The Morgan fingerprint density at radius 3 is 2.23 bits per heavy atom. The van der Waals surface area contributed by atoms with Crippen LogP contribution in [0.15, 0.2) is 23.7 Å². The molecule has 6 atom stereocenters. The highest BCUT2D eigenvalue weighted by molar-refractivity contribution is 6.70. The summed E-state index contributed by atoms with van der Waals surface area (Å²) in [5.74, 6) is 4.69. The third-order valence-corrected chi connectivity index (χ3v) is 10.2. The summed E-state index contributed by atoms with van der Waals surface area (Å²) in [6, 6.07) is 0. The molecule has 4 rings (SSSR count). The van der Waals surface area contributed by atoms with E-state index < -0.39 is 16.6 Å². The minimum Gasteiger partial charge on any atom is -0.548 e. The van der Waals surface area contributed by atoms with Gasteiger partial charge < -0.3 is 8.85 Å². The lowest BCUT2D eigenvalue weighted by molar-refractivity contribution is -0.148. The summed E-state index contributed by atoms with van der Waals surface area (Å²) in [6.07, 6.45) is 10.8. The normalized spacial score (nSPS) is 41.3. The number of fused-ring (bicyclic) bond motifs is 5. The van der Waals surface area contributed by atoms with Crippen molar-refractivity contribution in [1.29, 1.82) is 0 Å². The molecular weight excluding hydrogens is 404 g/mol.